The van der Waals surface area contributed by atoms with Crippen LogP contribution in [-0.2, 0) is 6.42 Å². The topological polar surface area (TPSA) is 22.9 Å². The zero-order valence-electron chi connectivity index (χ0n) is 11.0. The van der Waals surface area contributed by atoms with Gasteiger partial charge in [0.05, 0.1) is 5.69 Å². The van der Waals surface area contributed by atoms with Gasteiger partial charge in [0.1, 0.15) is 0 Å². The van der Waals surface area contributed by atoms with Crippen LogP contribution in [0.15, 0.2) is 36.4 Å². The fourth-order valence-electron chi connectivity index (χ4n) is 1.92. The molecule has 0 fully saturated rings. The van der Waals surface area contributed by atoms with Gasteiger partial charge >= 0.3 is 0 Å². The summed E-state index contributed by atoms with van der Waals surface area (Å²) in [5.41, 5.74) is 3.36. The summed E-state index contributed by atoms with van der Waals surface area (Å²) in [6.07, 6.45) is 0.946. The lowest BCUT2D eigenvalue weighted by Crippen LogP contribution is -2.40. The van der Waals surface area contributed by atoms with Crippen LogP contribution < -0.4 is 9.58 Å². The van der Waals surface area contributed by atoms with E-state index in [4.69, 9.17) is 12.2 Å². The maximum Gasteiger partial charge on any atom is 0.235 e. The van der Waals surface area contributed by atoms with Gasteiger partial charge in [0.2, 0.25) is 11.4 Å². The standard InChI is InChI=1S/C14H17N3S/c1-4-11-10-13(16(2)3)14(18)15-17(11)12-8-6-5-7-9-12/h5-10H,4H2,1-3H3/p+1. The summed E-state index contributed by atoms with van der Waals surface area (Å²) in [5.74, 6) is 0. The smallest absolute Gasteiger partial charge is 0.235 e. The van der Waals surface area contributed by atoms with E-state index in [2.05, 4.69) is 34.9 Å². The van der Waals surface area contributed by atoms with E-state index in [1.165, 1.54) is 5.69 Å². The van der Waals surface area contributed by atoms with E-state index in [1.807, 2.05) is 37.2 Å². The summed E-state index contributed by atoms with van der Waals surface area (Å²) in [4.78, 5) is 2.04. The number of H-pyrrole nitrogens is 1. The van der Waals surface area contributed by atoms with Crippen molar-refractivity contribution < 1.29 is 4.68 Å². The predicted octanol–water partition coefficient (Wildman–Crippen LogP) is 2.65. The fourth-order valence-corrected chi connectivity index (χ4v) is 2.25. The number of hydrogen-bond acceptors (Lipinski definition) is 2. The van der Waals surface area contributed by atoms with Crippen LogP contribution in [0.3, 0.4) is 0 Å². The van der Waals surface area contributed by atoms with Gasteiger partial charge < -0.3 is 4.90 Å². The number of aromatic nitrogens is 2. The van der Waals surface area contributed by atoms with Gasteiger partial charge in [-0.2, -0.15) is 0 Å². The minimum Gasteiger partial charge on any atom is -0.375 e. The molecule has 0 saturated carbocycles. The van der Waals surface area contributed by atoms with Crippen LogP contribution in [0, 0.1) is 4.64 Å². The third-order valence-corrected chi connectivity index (χ3v) is 3.20. The Hall–Kier alpha value is -1.68. The van der Waals surface area contributed by atoms with Crippen LogP contribution in [0.2, 0.25) is 0 Å². The number of hydrogen-bond donors (Lipinski definition) is 1. The molecule has 0 spiro atoms. The van der Waals surface area contributed by atoms with E-state index < -0.39 is 0 Å². The quantitative estimate of drug-likeness (QED) is 0.677. The lowest BCUT2D eigenvalue weighted by molar-refractivity contribution is -0.668. The number of benzene rings is 1. The van der Waals surface area contributed by atoms with Gasteiger partial charge in [-0.15, -0.1) is 5.10 Å². The highest BCUT2D eigenvalue weighted by Crippen LogP contribution is 2.13. The van der Waals surface area contributed by atoms with Crippen LogP contribution in [0.5, 0.6) is 0 Å². The maximum atomic E-state index is 5.41. The first-order chi connectivity index (χ1) is 8.63. The number of nitrogens with zero attached hydrogens (tertiary/aromatic N) is 2. The molecule has 18 heavy (non-hydrogen) atoms. The molecule has 1 aromatic carbocycles. The zero-order chi connectivity index (χ0) is 13.1. The van der Waals surface area contributed by atoms with E-state index >= 15 is 0 Å². The zero-order valence-corrected chi connectivity index (χ0v) is 11.8. The van der Waals surface area contributed by atoms with Crippen LogP contribution >= 0.6 is 12.2 Å². The maximum absolute atomic E-state index is 5.41. The van der Waals surface area contributed by atoms with Gasteiger partial charge in [-0.25, -0.2) is 0 Å². The van der Waals surface area contributed by atoms with Crippen molar-refractivity contribution in [1.82, 2.24) is 5.10 Å². The third kappa shape index (κ3) is 2.43. The number of para-hydroxylation sites is 1. The van der Waals surface area contributed by atoms with Gasteiger partial charge in [0, 0.05) is 38.7 Å². The molecule has 0 aliphatic heterocycles. The molecular formula is C14H18N3S+. The summed E-state index contributed by atoms with van der Waals surface area (Å²) >= 11 is 5.41. The van der Waals surface area contributed by atoms with E-state index in [0.29, 0.717) is 0 Å². The van der Waals surface area contributed by atoms with Crippen molar-refractivity contribution in [2.45, 2.75) is 13.3 Å². The lowest BCUT2D eigenvalue weighted by atomic mass is 10.2. The van der Waals surface area contributed by atoms with E-state index in [-0.39, 0.29) is 0 Å². The van der Waals surface area contributed by atoms with Crippen LogP contribution in [0.1, 0.15) is 12.6 Å². The SMILES string of the molecule is CCc1cc(N(C)C)c(=S)[nH][n+]1-c1ccccc1. The molecule has 0 aliphatic rings. The molecule has 1 N–H and O–H groups in total. The van der Waals surface area contributed by atoms with Crippen molar-refractivity contribution in [1.29, 1.82) is 0 Å². The van der Waals surface area contributed by atoms with Gasteiger partial charge in [-0.1, -0.05) is 42.0 Å². The minimum absolute atomic E-state index is 0.751. The summed E-state index contributed by atoms with van der Waals surface area (Å²) < 4.78 is 2.80. The molecule has 3 nitrogen and oxygen atoms in total. The summed E-state index contributed by atoms with van der Waals surface area (Å²) in [6, 6.07) is 12.3. The van der Waals surface area contributed by atoms with E-state index in [1.54, 1.807) is 0 Å². The molecule has 0 amide bonds. The predicted molar refractivity (Wildman–Crippen MR) is 76.9 cm³/mol. The number of nitrogens with one attached hydrogen (secondary N) is 1. The molecule has 4 heteroatoms. The Bertz CT molecular complexity index is 588. The molecule has 0 unspecified atom stereocenters. The Balaban J connectivity index is 2.62. The second-order valence-corrected chi connectivity index (χ2v) is 4.79. The first-order valence-corrected chi connectivity index (χ1v) is 6.45. The molecule has 0 aliphatic carbocycles. The second-order valence-electron chi connectivity index (χ2n) is 4.38. The molecule has 0 bridgehead atoms. The molecule has 0 radical (unpaired) electrons. The Kier molecular flexibility index (Phi) is 3.77. The lowest BCUT2D eigenvalue weighted by Gasteiger charge is -2.12. The highest BCUT2D eigenvalue weighted by Gasteiger charge is 2.15. The Morgan fingerprint density at radius 1 is 1.22 bits per heavy atom. The van der Waals surface area contributed by atoms with E-state index in [0.717, 1.165) is 22.4 Å². The van der Waals surface area contributed by atoms with Crippen molar-refractivity contribution in [3.05, 3.63) is 46.7 Å². The van der Waals surface area contributed by atoms with Crippen LogP contribution in [0.25, 0.3) is 5.69 Å². The average molecular weight is 260 g/mol. The summed E-state index contributed by atoms with van der Waals surface area (Å²) in [6.45, 7) is 2.14. The fraction of sp³-hybridized carbons (Fsp3) is 0.286. The van der Waals surface area contributed by atoms with Gasteiger partial charge in [-0.3, -0.25) is 0 Å². The molecule has 0 atom stereocenters. The van der Waals surface area contributed by atoms with Crippen molar-refractivity contribution in [3.63, 3.8) is 0 Å². The molecule has 94 valence electrons. The van der Waals surface area contributed by atoms with E-state index in [9.17, 15) is 0 Å². The number of aryl methyl sites for hydroxylation is 1. The molecule has 1 heterocycles. The summed E-state index contributed by atoms with van der Waals surface area (Å²) in [5, 5.41) is 3.28. The van der Waals surface area contributed by atoms with Crippen LogP contribution in [0.4, 0.5) is 5.69 Å². The highest BCUT2D eigenvalue weighted by molar-refractivity contribution is 7.71. The van der Waals surface area contributed by atoms with Gasteiger partial charge in [0.15, 0.2) is 4.64 Å². The average Bonchev–Trinajstić information content (AvgIpc) is 2.39. The van der Waals surface area contributed by atoms with Gasteiger partial charge in [0.25, 0.3) is 0 Å². The third-order valence-electron chi connectivity index (χ3n) is 2.89. The normalized spacial score (nSPS) is 10.4. The monoisotopic (exact) mass is 260 g/mol. The van der Waals surface area contributed by atoms with Crippen molar-refractivity contribution in [2.75, 3.05) is 19.0 Å². The molecule has 2 aromatic rings. The largest absolute Gasteiger partial charge is 0.375 e. The Labute approximate surface area is 113 Å². The summed E-state index contributed by atoms with van der Waals surface area (Å²) in [7, 11) is 4.01. The van der Waals surface area contributed by atoms with Crippen LogP contribution in [-0.4, -0.2) is 19.2 Å². The van der Waals surface area contributed by atoms with Crippen molar-refractivity contribution >= 4 is 17.9 Å². The number of rotatable bonds is 3. The molecule has 0 saturated heterocycles. The Morgan fingerprint density at radius 3 is 2.44 bits per heavy atom. The molecular weight excluding hydrogens is 242 g/mol. The molecule has 2 rings (SSSR count). The highest BCUT2D eigenvalue weighted by atomic mass is 32.1. The van der Waals surface area contributed by atoms with Crippen molar-refractivity contribution in [2.24, 2.45) is 0 Å². The number of anilines is 1. The van der Waals surface area contributed by atoms with Gasteiger partial charge in [-0.05, 0) is 0 Å². The second kappa shape index (κ2) is 5.31. The first kappa shape index (κ1) is 12.8. The minimum atomic E-state index is 0.751. The number of aromatic amines is 1. The van der Waals surface area contributed by atoms with Crippen molar-refractivity contribution in [3.8, 4) is 5.69 Å². The molecule has 1 aromatic heterocycles. The first-order valence-electron chi connectivity index (χ1n) is 6.04. The Morgan fingerprint density at radius 2 is 1.89 bits per heavy atom.